The predicted octanol–water partition coefficient (Wildman–Crippen LogP) is 3.94. The van der Waals surface area contributed by atoms with E-state index >= 15 is 0 Å². The van der Waals surface area contributed by atoms with Gasteiger partial charge in [0.05, 0.1) is 12.0 Å². The lowest BCUT2D eigenvalue weighted by atomic mass is 10.1. The summed E-state index contributed by atoms with van der Waals surface area (Å²) in [6.45, 7) is 1.83. The molecule has 0 bridgehead atoms. The van der Waals surface area contributed by atoms with E-state index in [9.17, 15) is 17.6 Å². The van der Waals surface area contributed by atoms with Crippen LogP contribution in [-0.2, 0) is 10.0 Å². The van der Waals surface area contributed by atoms with Gasteiger partial charge in [-0.15, -0.1) is 5.10 Å². The number of carbonyl (C=O) groups excluding carboxylic acids is 1. The molecule has 3 aromatic carbocycles. The summed E-state index contributed by atoms with van der Waals surface area (Å²) >= 11 is 0. The molecule has 0 atom stereocenters. The van der Waals surface area contributed by atoms with E-state index in [0.717, 1.165) is 5.56 Å². The van der Waals surface area contributed by atoms with Crippen molar-refractivity contribution in [2.75, 3.05) is 12.4 Å². The molecule has 1 amide bonds. The third kappa shape index (κ3) is 4.91. The Morgan fingerprint density at radius 1 is 1.03 bits per heavy atom. The third-order valence-electron chi connectivity index (χ3n) is 4.90. The smallest absolute Gasteiger partial charge is 0.276 e. The van der Waals surface area contributed by atoms with Crippen LogP contribution in [0.25, 0.3) is 11.0 Å². The molecule has 0 aliphatic heterocycles. The average molecular weight is 482 g/mol. The fourth-order valence-electron chi connectivity index (χ4n) is 3.13. The molecule has 4 aromatic rings. The van der Waals surface area contributed by atoms with E-state index in [0.29, 0.717) is 16.8 Å². The van der Waals surface area contributed by atoms with Crippen molar-refractivity contribution in [1.29, 1.82) is 0 Å². The van der Waals surface area contributed by atoms with Gasteiger partial charge in [-0.2, -0.15) is 13.2 Å². The number of methoxy groups -OCH3 is 1. The Kier molecular flexibility index (Phi) is 6.33. The zero-order chi connectivity index (χ0) is 24.3. The minimum absolute atomic E-state index is 0.00228. The zero-order valence-electron chi connectivity index (χ0n) is 18.2. The van der Waals surface area contributed by atoms with Gasteiger partial charge in [0.25, 0.3) is 15.9 Å². The number of sulfonamides is 1. The van der Waals surface area contributed by atoms with Crippen molar-refractivity contribution in [2.45, 2.75) is 11.8 Å². The SMILES string of the molecule is COc1cccc2cc(C(=O)Nc3ccc(F)cc3)/c(=N/NS(=O)(=O)c3ccc(C)cc3)oc12. The van der Waals surface area contributed by atoms with Crippen LogP contribution < -0.4 is 20.4 Å². The van der Waals surface area contributed by atoms with Gasteiger partial charge in [0, 0.05) is 11.1 Å². The van der Waals surface area contributed by atoms with Crippen LogP contribution in [0.4, 0.5) is 10.1 Å². The first-order valence-corrected chi connectivity index (χ1v) is 11.5. The quantitative estimate of drug-likeness (QED) is 0.406. The summed E-state index contributed by atoms with van der Waals surface area (Å²) in [5, 5.41) is 7.05. The van der Waals surface area contributed by atoms with Crippen LogP contribution in [0.3, 0.4) is 0 Å². The molecule has 1 heterocycles. The first-order valence-electron chi connectivity index (χ1n) is 10.1. The van der Waals surface area contributed by atoms with E-state index in [2.05, 4.69) is 15.2 Å². The minimum atomic E-state index is -4.03. The Morgan fingerprint density at radius 2 is 1.74 bits per heavy atom. The lowest BCUT2D eigenvalue weighted by molar-refractivity contribution is 0.102. The molecule has 0 spiro atoms. The summed E-state index contributed by atoms with van der Waals surface area (Å²) < 4.78 is 49.7. The Bertz CT molecular complexity index is 1530. The van der Waals surface area contributed by atoms with Gasteiger partial charge in [0.2, 0.25) is 5.55 Å². The number of nitrogens with one attached hydrogen (secondary N) is 2. The largest absolute Gasteiger partial charge is 0.493 e. The number of amides is 1. The number of aryl methyl sites for hydroxylation is 1. The van der Waals surface area contributed by atoms with E-state index in [1.165, 1.54) is 49.6 Å². The van der Waals surface area contributed by atoms with Crippen molar-refractivity contribution in [3.8, 4) is 5.75 Å². The van der Waals surface area contributed by atoms with Crippen LogP contribution in [-0.4, -0.2) is 21.4 Å². The molecule has 0 unspecified atom stereocenters. The van der Waals surface area contributed by atoms with Gasteiger partial charge in [0.15, 0.2) is 11.3 Å². The Balaban J connectivity index is 1.79. The second kappa shape index (κ2) is 9.36. The Hall–Kier alpha value is -4.18. The average Bonchev–Trinajstić information content (AvgIpc) is 2.83. The van der Waals surface area contributed by atoms with E-state index in [4.69, 9.17) is 9.15 Å². The topological polar surface area (TPSA) is 110 Å². The highest BCUT2D eigenvalue weighted by Crippen LogP contribution is 2.25. The molecule has 8 nitrogen and oxygen atoms in total. The molecule has 0 saturated carbocycles. The summed E-state index contributed by atoms with van der Waals surface area (Å²) in [6.07, 6.45) is 0. The third-order valence-corrected chi connectivity index (χ3v) is 6.13. The standard InChI is InChI=1S/C24H20FN3O5S/c1-15-6-12-19(13-7-15)34(30,31)28-27-24-20(23(29)26-18-10-8-17(25)9-11-18)14-16-4-3-5-21(32-2)22(16)33-24/h3-14,28H,1-2H3,(H,26,29)/b27-24-. The summed E-state index contributed by atoms with van der Waals surface area (Å²) in [4.78, 5) is 15.1. The van der Waals surface area contributed by atoms with Crippen molar-refractivity contribution < 1.29 is 26.8 Å². The minimum Gasteiger partial charge on any atom is -0.493 e. The number of anilines is 1. The summed E-state index contributed by atoms with van der Waals surface area (Å²) in [5.74, 6) is -0.707. The molecule has 0 aliphatic carbocycles. The second-order valence-electron chi connectivity index (χ2n) is 7.32. The van der Waals surface area contributed by atoms with Gasteiger partial charge in [-0.1, -0.05) is 29.8 Å². The monoisotopic (exact) mass is 481 g/mol. The van der Waals surface area contributed by atoms with Crippen LogP contribution in [0.15, 0.2) is 87.2 Å². The summed E-state index contributed by atoms with van der Waals surface area (Å²) in [6, 6.07) is 18.0. The number of fused-ring (bicyclic) bond motifs is 1. The molecule has 2 N–H and O–H groups in total. The maximum Gasteiger partial charge on any atom is 0.276 e. The van der Waals surface area contributed by atoms with Gasteiger partial charge >= 0.3 is 0 Å². The maximum atomic E-state index is 13.2. The zero-order valence-corrected chi connectivity index (χ0v) is 19.0. The van der Waals surface area contributed by atoms with Gasteiger partial charge in [-0.25, -0.2) is 4.39 Å². The highest BCUT2D eigenvalue weighted by atomic mass is 32.2. The normalized spacial score (nSPS) is 11.9. The number of rotatable bonds is 6. The van der Waals surface area contributed by atoms with E-state index < -0.39 is 21.7 Å². The molecule has 0 fully saturated rings. The van der Waals surface area contributed by atoms with Crippen LogP contribution in [0, 0.1) is 12.7 Å². The Morgan fingerprint density at radius 3 is 2.41 bits per heavy atom. The molecular formula is C24H20FN3O5S. The molecule has 0 radical (unpaired) electrons. The number of hydrogen-bond acceptors (Lipinski definition) is 6. The molecule has 34 heavy (non-hydrogen) atoms. The molecule has 10 heteroatoms. The number of benzene rings is 3. The summed E-state index contributed by atoms with van der Waals surface area (Å²) in [5.41, 5.74) is 1.18. The van der Waals surface area contributed by atoms with Gasteiger partial charge in [-0.3, -0.25) is 4.79 Å². The lowest BCUT2D eigenvalue weighted by Gasteiger charge is -2.09. The van der Waals surface area contributed by atoms with Gasteiger partial charge in [0.1, 0.15) is 11.4 Å². The van der Waals surface area contributed by atoms with Crippen LogP contribution >= 0.6 is 0 Å². The molecule has 1 aromatic heterocycles. The van der Waals surface area contributed by atoms with Gasteiger partial charge in [-0.05, 0) is 55.5 Å². The van der Waals surface area contributed by atoms with Crippen molar-refractivity contribution in [1.82, 2.24) is 4.83 Å². The fourth-order valence-corrected chi connectivity index (χ4v) is 3.94. The number of nitrogens with zero attached hydrogens (tertiary/aromatic N) is 1. The number of halogens is 1. The Labute approximate surface area is 194 Å². The summed E-state index contributed by atoms with van der Waals surface area (Å²) in [7, 11) is -2.58. The molecule has 0 aliphatic rings. The predicted molar refractivity (Wildman–Crippen MR) is 124 cm³/mol. The van der Waals surface area contributed by atoms with Gasteiger partial charge < -0.3 is 14.5 Å². The highest BCUT2D eigenvalue weighted by Gasteiger charge is 2.17. The molecule has 174 valence electrons. The van der Waals surface area contributed by atoms with E-state index in [-0.39, 0.29) is 21.6 Å². The lowest BCUT2D eigenvalue weighted by Crippen LogP contribution is -2.27. The first-order chi connectivity index (χ1) is 16.3. The van der Waals surface area contributed by atoms with Crippen LogP contribution in [0.5, 0.6) is 5.75 Å². The second-order valence-corrected chi connectivity index (χ2v) is 8.99. The van der Waals surface area contributed by atoms with Crippen molar-refractivity contribution in [3.05, 3.63) is 95.3 Å². The van der Waals surface area contributed by atoms with Crippen molar-refractivity contribution in [3.63, 3.8) is 0 Å². The van der Waals surface area contributed by atoms with Crippen molar-refractivity contribution in [2.24, 2.45) is 5.10 Å². The fraction of sp³-hybridized carbons (Fsp3) is 0.0833. The van der Waals surface area contributed by atoms with Crippen LogP contribution in [0.1, 0.15) is 15.9 Å². The maximum absolute atomic E-state index is 13.2. The molecule has 4 rings (SSSR count). The highest BCUT2D eigenvalue weighted by molar-refractivity contribution is 7.89. The van der Waals surface area contributed by atoms with Crippen molar-refractivity contribution >= 4 is 32.6 Å². The number of carbonyl (C=O) groups is 1. The number of para-hydroxylation sites is 1. The van der Waals surface area contributed by atoms with E-state index in [1.54, 1.807) is 30.3 Å². The molecular weight excluding hydrogens is 461 g/mol. The number of ether oxygens (including phenoxy) is 1. The molecule has 0 saturated heterocycles. The number of hydrogen-bond donors (Lipinski definition) is 2. The van der Waals surface area contributed by atoms with Crippen LogP contribution in [0.2, 0.25) is 0 Å². The van der Waals surface area contributed by atoms with E-state index in [1.807, 2.05) is 6.92 Å². The first kappa shape index (κ1) is 23.0.